The highest BCUT2D eigenvalue weighted by molar-refractivity contribution is 6.31. The van der Waals surface area contributed by atoms with Gasteiger partial charge in [-0.15, -0.1) is 0 Å². The zero-order valence-corrected chi connectivity index (χ0v) is 24.5. The van der Waals surface area contributed by atoms with Crippen molar-refractivity contribution < 1.29 is 14.3 Å². The average Bonchev–Trinajstić information content (AvgIpc) is 3.38. The number of hydrogen-bond donors (Lipinski definition) is 0. The van der Waals surface area contributed by atoms with E-state index in [4.69, 9.17) is 21.4 Å². The Bertz CT molecular complexity index is 1790. The van der Waals surface area contributed by atoms with Gasteiger partial charge >= 0.3 is 0 Å². The number of para-hydroxylation sites is 1. The minimum absolute atomic E-state index is 0.0330. The monoisotopic (exact) mass is 576 g/mol. The van der Waals surface area contributed by atoms with Crippen LogP contribution >= 0.6 is 11.6 Å². The summed E-state index contributed by atoms with van der Waals surface area (Å²) in [5.41, 5.74) is 5.04. The van der Waals surface area contributed by atoms with Gasteiger partial charge in [-0.1, -0.05) is 48.0 Å². The number of aryl methyl sites for hydroxylation is 1. The Morgan fingerprint density at radius 3 is 2.38 bits per heavy atom. The van der Waals surface area contributed by atoms with Crippen molar-refractivity contribution in [2.75, 3.05) is 0 Å². The summed E-state index contributed by atoms with van der Waals surface area (Å²) in [6.45, 7) is 7.50. The Morgan fingerprint density at radius 1 is 1.00 bits per heavy atom. The summed E-state index contributed by atoms with van der Waals surface area (Å²) in [5, 5.41) is 15.2. The third-order valence-corrected chi connectivity index (χ3v) is 7.37. The van der Waals surface area contributed by atoms with Crippen LogP contribution in [0.4, 0.5) is 0 Å². The van der Waals surface area contributed by atoms with Crippen molar-refractivity contribution >= 4 is 29.5 Å². The fourth-order valence-electron chi connectivity index (χ4n) is 4.89. The van der Waals surface area contributed by atoms with Gasteiger partial charge in [0.15, 0.2) is 0 Å². The largest absolute Gasteiger partial charge is 0.491 e. The van der Waals surface area contributed by atoms with Gasteiger partial charge in [-0.25, -0.2) is 4.68 Å². The van der Waals surface area contributed by atoms with Gasteiger partial charge in [0.25, 0.3) is 11.8 Å². The summed E-state index contributed by atoms with van der Waals surface area (Å²) in [6.07, 6.45) is 3.59. The number of nitriles is 1. The minimum atomic E-state index is -0.645. The highest BCUT2D eigenvalue weighted by Crippen LogP contribution is 2.34. The summed E-state index contributed by atoms with van der Waals surface area (Å²) in [6, 6.07) is 24.5. The molecule has 5 rings (SSSR count). The molecule has 1 aromatic heterocycles. The van der Waals surface area contributed by atoms with Crippen LogP contribution in [0, 0.1) is 18.3 Å². The molecule has 42 heavy (non-hydrogen) atoms. The van der Waals surface area contributed by atoms with E-state index >= 15 is 0 Å². The van der Waals surface area contributed by atoms with Gasteiger partial charge in [-0.3, -0.25) is 14.5 Å². The van der Waals surface area contributed by atoms with E-state index in [-0.39, 0.29) is 23.8 Å². The van der Waals surface area contributed by atoms with Crippen molar-refractivity contribution in [2.24, 2.45) is 0 Å². The van der Waals surface area contributed by atoms with Gasteiger partial charge in [0, 0.05) is 27.9 Å². The van der Waals surface area contributed by atoms with Crippen LogP contribution in [0.5, 0.6) is 5.75 Å². The molecule has 0 aliphatic carbocycles. The number of amides is 2. The number of carbonyl (C=O) groups is 2. The van der Waals surface area contributed by atoms with E-state index in [1.54, 1.807) is 41.9 Å². The zero-order chi connectivity index (χ0) is 30.0. The Balaban J connectivity index is 1.66. The first kappa shape index (κ1) is 28.6. The number of ether oxygens (including phenoxy) is 1. The highest BCUT2D eigenvalue weighted by atomic mass is 35.5. The SMILES string of the molecule is CC1=C(C#N)C(=O)N(Cc2ccccc2Cl)C(=O)/C1=C/c1cn(-c2ccccc2)nc1-c1ccc(OC(C)C)cc1C. The van der Waals surface area contributed by atoms with E-state index in [1.165, 1.54) is 0 Å². The lowest BCUT2D eigenvalue weighted by Crippen LogP contribution is -2.42. The summed E-state index contributed by atoms with van der Waals surface area (Å²) >= 11 is 6.35. The number of hydrogen-bond acceptors (Lipinski definition) is 5. The van der Waals surface area contributed by atoms with Crippen LogP contribution < -0.4 is 4.74 Å². The summed E-state index contributed by atoms with van der Waals surface area (Å²) in [4.78, 5) is 28.2. The number of benzene rings is 3. The van der Waals surface area contributed by atoms with E-state index in [1.807, 2.05) is 81.6 Å². The second-order valence-corrected chi connectivity index (χ2v) is 10.7. The molecule has 7 nitrogen and oxygen atoms in total. The molecule has 0 atom stereocenters. The number of halogens is 1. The van der Waals surface area contributed by atoms with Crippen molar-refractivity contribution in [2.45, 2.75) is 40.3 Å². The maximum atomic E-state index is 13.9. The lowest BCUT2D eigenvalue weighted by molar-refractivity contribution is -0.141. The quantitative estimate of drug-likeness (QED) is 0.173. The van der Waals surface area contributed by atoms with Gasteiger partial charge in [0.2, 0.25) is 0 Å². The second-order valence-electron chi connectivity index (χ2n) is 10.3. The molecule has 1 aliphatic heterocycles. The molecule has 0 unspecified atom stereocenters. The van der Waals surface area contributed by atoms with E-state index in [0.717, 1.165) is 27.5 Å². The zero-order valence-electron chi connectivity index (χ0n) is 23.8. The molecule has 3 aromatic carbocycles. The molecule has 2 heterocycles. The fraction of sp³-hybridized carbons (Fsp3) is 0.176. The van der Waals surface area contributed by atoms with Crippen molar-refractivity contribution in [1.29, 1.82) is 5.26 Å². The lowest BCUT2D eigenvalue weighted by atomic mass is 9.92. The summed E-state index contributed by atoms with van der Waals surface area (Å²) in [5.74, 6) is -0.400. The van der Waals surface area contributed by atoms with Crippen LogP contribution in [-0.4, -0.2) is 32.6 Å². The van der Waals surface area contributed by atoms with Gasteiger partial charge in [-0.2, -0.15) is 10.4 Å². The molecule has 0 fully saturated rings. The van der Waals surface area contributed by atoms with E-state index in [2.05, 4.69) is 0 Å². The first-order valence-electron chi connectivity index (χ1n) is 13.5. The fourth-order valence-corrected chi connectivity index (χ4v) is 5.08. The Morgan fingerprint density at radius 2 is 1.71 bits per heavy atom. The molecular weight excluding hydrogens is 548 g/mol. The summed E-state index contributed by atoms with van der Waals surface area (Å²) in [7, 11) is 0. The molecule has 4 aromatic rings. The Hall–Kier alpha value is -4.93. The standard InChI is InChI=1S/C34H29ClN4O3/c1-21(2)42-27-14-15-28(22(3)16-27)32-25(20-39(37-32)26-11-6-5-7-12-26)17-29-23(4)30(18-36)34(41)38(33(29)40)19-24-10-8-9-13-31(24)35/h5-17,20-21H,19H2,1-4H3/b29-17+. The van der Waals surface area contributed by atoms with Gasteiger partial charge in [0.1, 0.15) is 23.1 Å². The van der Waals surface area contributed by atoms with Crippen molar-refractivity contribution in [3.05, 3.63) is 117 Å². The van der Waals surface area contributed by atoms with Crippen LogP contribution in [-0.2, 0) is 16.1 Å². The third-order valence-electron chi connectivity index (χ3n) is 7.00. The number of carbonyl (C=O) groups excluding carboxylic acids is 2. The predicted molar refractivity (Wildman–Crippen MR) is 163 cm³/mol. The highest BCUT2D eigenvalue weighted by Gasteiger charge is 2.36. The maximum Gasteiger partial charge on any atom is 0.271 e. The number of imide groups is 1. The Labute approximate surface area is 249 Å². The maximum absolute atomic E-state index is 13.9. The third kappa shape index (κ3) is 5.63. The normalized spacial score (nSPS) is 14.6. The molecule has 0 saturated heterocycles. The number of rotatable bonds is 7. The first-order valence-corrected chi connectivity index (χ1v) is 13.9. The molecule has 0 saturated carbocycles. The minimum Gasteiger partial charge on any atom is -0.491 e. The molecular formula is C34H29ClN4O3. The Kier molecular flexibility index (Phi) is 8.10. The summed E-state index contributed by atoms with van der Waals surface area (Å²) < 4.78 is 7.63. The predicted octanol–water partition coefficient (Wildman–Crippen LogP) is 7.08. The van der Waals surface area contributed by atoms with Gasteiger partial charge in [-0.05, 0) is 86.9 Å². The van der Waals surface area contributed by atoms with Gasteiger partial charge < -0.3 is 4.74 Å². The molecule has 1 aliphatic rings. The molecule has 0 bridgehead atoms. The molecule has 0 radical (unpaired) electrons. The molecule has 0 N–H and O–H groups in total. The van der Waals surface area contributed by atoms with Gasteiger partial charge in [0.05, 0.1) is 18.3 Å². The molecule has 2 amide bonds. The molecule has 0 spiro atoms. The van der Waals surface area contributed by atoms with E-state index < -0.39 is 11.8 Å². The smallest absolute Gasteiger partial charge is 0.271 e. The lowest BCUT2D eigenvalue weighted by Gasteiger charge is -2.27. The first-order chi connectivity index (χ1) is 20.2. The van der Waals surface area contributed by atoms with E-state index in [9.17, 15) is 14.9 Å². The number of aromatic nitrogens is 2. The van der Waals surface area contributed by atoms with Crippen molar-refractivity contribution in [3.63, 3.8) is 0 Å². The second kappa shape index (κ2) is 11.9. The van der Waals surface area contributed by atoms with Crippen LogP contribution in [0.2, 0.25) is 5.02 Å². The van der Waals surface area contributed by atoms with Crippen LogP contribution in [0.1, 0.15) is 37.5 Å². The average molecular weight is 577 g/mol. The van der Waals surface area contributed by atoms with Crippen LogP contribution in [0.3, 0.4) is 0 Å². The topological polar surface area (TPSA) is 88.2 Å². The van der Waals surface area contributed by atoms with Crippen LogP contribution in [0.25, 0.3) is 23.0 Å². The van der Waals surface area contributed by atoms with Crippen molar-refractivity contribution in [3.8, 4) is 28.8 Å². The van der Waals surface area contributed by atoms with E-state index in [0.29, 0.717) is 27.4 Å². The molecule has 210 valence electrons. The van der Waals surface area contributed by atoms with Crippen molar-refractivity contribution in [1.82, 2.24) is 14.7 Å². The number of nitrogens with zero attached hydrogens (tertiary/aromatic N) is 4. The van der Waals surface area contributed by atoms with Crippen LogP contribution in [0.15, 0.2) is 95.7 Å². The molecule has 8 heteroatoms.